The van der Waals surface area contributed by atoms with Crippen LogP contribution in [0.4, 0.5) is 4.79 Å². The Morgan fingerprint density at radius 2 is 2.10 bits per heavy atom. The Morgan fingerprint density at radius 1 is 1.33 bits per heavy atom. The van der Waals surface area contributed by atoms with Crippen molar-refractivity contribution in [2.45, 2.75) is 32.3 Å². The van der Waals surface area contributed by atoms with Gasteiger partial charge in [-0.1, -0.05) is 6.92 Å². The molecule has 1 fully saturated rings. The molecule has 1 saturated heterocycles. The van der Waals surface area contributed by atoms with Crippen LogP contribution in [-0.2, 0) is 19.1 Å². The Balaban J connectivity index is 2.30. The zero-order valence-electron chi connectivity index (χ0n) is 12.2. The molecule has 0 aromatic heterocycles. The number of carbonyl (C=O) groups excluding carboxylic acids is 2. The maximum absolute atomic E-state index is 11.9. The van der Waals surface area contributed by atoms with Gasteiger partial charge in [0.2, 0.25) is 0 Å². The van der Waals surface area contributed by atoms with Crippen molar-refractivity contribution in [2.75, 3.05) is 32.9 Å². The van der Waals surface area contributed by atoms with E-state index < -0.39 is 31.1 Å². The number of ether oxygens (including phenoxy) is 2. The number of nitrogens with one attached hydrogen (secondary N) is 1. The van der Waals surface area contributed by atoms with Gasteiger partial charge in [-0.2, -0.15) is 0 Å². The number of nitrogens with zero attached hydrogens (tertiary/aromatic N) is 1. The van der Waals surface area contributed by atoms with Gasteiger partial charge in [0, 0.05) is 19.7 Å². The largest absolute Gasteiger partial charge is 0.480 e. The van der Waals surface area contributed by atoms with Crippen molar-refractivity contribution < 1.29 is 29.0 Å². The first-order valence-electron chi connectivity index (χ1n) is 7.02. The summed E-state index contributed by atoms with van der Waals surface area (Å²) in [5.74, 6) is -1.82. The Morgan fingerprint density at radius 3 is 2.76 bits per heavy atom. The number of hydrogen-bond donors (Lipinski definition) is 2. The monoisotopic (exact) mass is 302 g/mol. The summed E-state index contributed by atoms with van der Waals surface area (Å²) in [7, 11) is 0. The summed E-state index contributed by atoms with van der Waals surface area (Å²) in [6, 6.07) is -0.497. The number of likely N-dealkylation sites (tertiary alicyclic amines) is 1. The van der Waals surface area contributed by atoms with E-state index in [9.17, 15) is 14.4 Å². The van der Waals surface area contributed by atoms with Crippen molar-refractivity contribution in [3.8, 4) is 0 Å². The molecule has 1 rings (SSSR count). The third-order valence-corrected chi connectivity index (χ3v) is 2.93. The van der Waals surface area contributed by atoms with Gasteiger partial charge in [-0.15, -0.1) is 0 Å². The van der Waals surface area contributed by atoms with Gasteiger partial charge in [0.1, 0.15) is 13.2 Å². The molecule has 8 heteroatoms. The quantitative estimate of drug-likeness (QED) is 0.696. The summed E-state index contributed by atoms with van der Waals surface area (Å²) >= 11 is 0. The second kappa shape index (κ2) is 9.30. The zero-order valence-corrected chi connectivity index (χ0v) is 12.2. The van der Waals surface area contributed by atoms with E-state index in [4.69, 9.17) is 9.84 Å². The average Bonchev–Trinajstić information content (AvgIpc) is 2.45. The first kappa shape index (κ1) is 17.4. The molecule has 1 aliphatic rings. The van der Waals surface area contributed by atoms with Crippen molar-refractivity contribution in [2.24, 2.45) is 0 Å². The fourth-order valence-corrected chi connectivity index (χ4v) is 2.01. The summed E-state index contributed by atoms with van der Waals surface area (Å²) in [6.07, 6.45) is 2.65. The van der Waals surface area contributed by atoms with Crippen LogP contribution in [-0.4, -0.2) is 66.9 Å². The molecule has 21 heavy (non-hydrogen) atoms. The van der Waals surface area contributed by atoms with Crippen LogP contribution >= 0.6 is 0 Å². The summed E-state index contributed by atoms with van der Waals surface area (Å²) < 4.78 is 10.2. The lowest BCUT2D eigenvalue weighted by molar-refractivity contribution is -0.143. The molecule has 0 aromatic carbocycles. The standard InChI is InChI=1S/C13H22N2O6/c1-2-6-21-10-4-3-5-15(7-10)13(19)14-11(16)8-20-9-12(17)18/h10H,2-9H2,1H3,(H,17,18)(H,14,16,19). The second-order valence-corrected chi connectivity index (χ2v) is 4.82. The summed E-state index contributed by atoms with van der Waals surface area (Å²) in [5.41, 5.74) is 0. The molecule has 1 aliphatic heterocycles. The average molecular weight is 302 g/mol. The van der Waals surface area contributed by atoms with E-state index >= 15 is 0 Å². The molecule has 0 bridgehead atoms. The predicted molar refractivity (Wildman–Crippen MR) is 72.8 cm³/mol. The molecule has 1 atom stereocenters. The van der Waals surface area contributed by atoms with E-state index in [1.807, 2.05) is 6.92 Å². The molecule has 1 heterocycles. The van der Waals surface area contributed by atoms with Crippen molar-refractivity contribution in [3.63, 3.8) is 0 Å². The van der Waals surface area contributed by atoms with Crippen LogP contribution in [0.2, 0.25) is 0 Å². The summed E-state index contributed by atoms with van der Waals surface area (Å²) in [5, 5.41) is 10.5. The predicted octanol–water partition coefficient (Wildman–Crippen LogP) is 0.215. The number of urea groups is 1. The Bertz CT molecular complexity index is 374. The number of rotatable bonds is 7. The van der Waals surface area contributed by atoms with Gasteiger partial charge < -0.3 is 19.5 Å². The lowest BCUT2D eigenvalue weighted by Gasteiger charge is -2.32. The van der Waals surface area contributed by atoms with E-state index in [-0.39, 0.29) is 6.10 Å². The van der Waals surface area contributed by atoms with Crippen molar-refractivity contribution >= 4 is 17.9 Å². The smallest absolute Gasteiger partial charge is 0.329 e. The van der Waals surface area contributed by atoms with Crippen molar-refractivity contribution in [3.05, 3.63) is 0 Å². The van der Waals surface area contributed by atoms with Crippen LogP contribution in [0.3, 0.4) is 0 Å². The lowest BCUT2D eigenvalue weighted by atomic mass is 10.1. The number of carboxylic acid groups (broad SMARTS) is 1. The molecular weight excluding hydrogens is 280 g/mol. The number of amides is 3. The molecule has 8 nitrogen and oxygen atoms in total. The minimum atomic E-state index is -1.17. The molecule has 120 valence electrons. The van der Waals surface area contributed by atoms with E-state index in [2.05, 4.69) is 10.1 Å². The fourth-order valence-electron chi connectivity index (χ4n) is 2.01. The van der Waals surface area contributed by atoms with Gasteiger partial charge in [-0.05, 0) is 19.3 Å². The van der Waals surface area contributed by atoms with Gasteiger partial charge in [-0.25, -0.2) is 9.59 Å². The summed E-state index contributed by atoms with van der Waals surface area (Å²) in [4.78, 5) is 35.1. The number of carboxylic acids is 1. The highest BCUT2D eigenvalue weighted by atomic mass is 16.5. The fraction of sp³-hybridized carbons (Fsp3) is 0.769. The first-order valence-corrected chi connectivity index (χ1v) is 7.02. The normalized spacial score (nSPS) is 18.3. The molecule has 0 aliphatic carbocycles. The minimum Gasteiger partial charge on any atom is -0.480 e. The van der Waals surface area contributed by atoms with E-state index in [0.717, 1.165) is 19.3 Å². The molecule has 0 aromatic rings. The van der Waals surface area contributed by atoms with Crippen LogP contribution in [0, 0.1) is 0 Å². The topological polar surface area (TPSA) is 105 Å². The highest BCUT2D eigenvalue weighted by Crippen LogP contribution is 2.13. The SMILES string of the molecule is CCCOC1CCCN(C(=O)NC(=O)COCC(=O)O)C1. The highest BCUT2D eigenvalue weighted by Gasteiger charge is 2.25. The first-order chi connectivity index (χ1) is 10.0. The van der Waals surface area contributed by atoms with Crippen LogP contribution in [0.1, 0.15) is 26.2 Å². The third-order valence-electron chi connectivity index (χ3n) is 2.93. The molecule has 0 spiro atoms. The van der Waals surface area contributed by atoms with Crippen LogP contribution in [0.15, 0.2) is 0 Å². The Hall–Kier alpha value is -1.67. The van der Waals surface area contributed by atoms with E-state index in [0.29, 0.717) is 19.7 Å². The number of aliphatic carboxylic acids is 1. The number of hydrogen-bond acceptors (Lipinski definition) is 5. The van der Waals surface area contributed by atoms with Gasteiger partial charge in [0.25, 0.3) is 5.91 Å². The van der Waals surface area contributed by atoms with Gasteiger partial charge in [-0.3, -0.25) is 10.1 Å². The number of imide groups is 1. The Kier molecular flexibility index (Phi) is 7.70. The third kappa shape index (κ3) is 7.05. The van der Waals surface area contributed by atoms with Crippen LogP contribution < -0.4 is 5.32 Å². The molecule has 0 saturated carbocycles. The van der Waals surface area contributed by atoms with Crippen molar-refractivity contribution in [1.29, 1.82) is 0 Å². The molecule has 1 unspecified atom stereocenters. The van der Waals surface area contributed by atoms with Gasteiger partial charge >= 0.3 is 12.0 Å². The van der Waals surface area contributed by atoms with Crippen LogP contribution in [0.5, 0.6) is 0 Å². The number of piperidine rings is 1. The van der Waals surface area contributed by atoms with E-state index in [1.54, 1.807) is 0 Å². The summed E-state index contributed by atoms with van der Waals surface area (Å²) in [6.45, 7) is 2.67. The van der Waals surface area contributed by atoms with Gasteiger partial charge in [0.05, 0.1) is 6.10 Å². The maximum atomic E-state index is 11.9. The Labute approximate surface area is 123 Å². The van der Waals surface area contributed by atoms with E-state index in [1.165, 1.54) is 4.90 Å². The molecular formula is C13H22N2O6. The van der Waals surface area contributed by atoms with Gasteiger partial charge in [0.15, 0.2) is 0 Å². The number of carbonyl (C=O) groups is 3. The lowest BCUT2D eigenvalue weighted by Crippen LogP contribution is -2.50. The van der Waals surface area contributed by atoms with Crippen molar-refractivity contribution in [1.82, 2.24) is 10.2 Å². The highest BCUT2D eigenvalue weighted by molar-refractivity contribution is 5.95. The maximum Gasteiger partial charge on any atom is 0.329 e. The minimum absolute atomic E-state index is 0.00260. The molecule has 0 radical (unpaired) electrons. The zero-order chi connectivity index (χ0) is 15.7. The second-order valence-electron chi connectivity index (χ2n) is 4.82. The molecule has 3 amide bonds. The molecule has 2 N–H and O–H groups in total. The van der Waals surface area contributed by atoms with Crippen LogP contribution in [0.25, 0.3) is 0 Å².